The van der Waals surface area contributed by atoms with Gasteiger partial charge in [0.25, 0.3) is 0 Å². The van der Waals surface area contributed by atoms with Crippen LogP contribution in [-0.2, 0) is 20.8 Å². The molecule has 1 aliphatic carbocycles. The van der Waals surface area contributed by atoms with Crippen LogP contribution in [0.4, 0.5) is 5.69 Å². The molecule has 0 spiro atoms. The van der Waals surface area contributed by atoms with Gasteiger partial charge < -0.3 is 16.4 Å². The first-order chi connectivity index (χ1) is 10.0. The molecule has 4 N–H and O–H groups in total. The van der Waals surface area contributed by atoms with Gasteiger partial charge in [0, 0.05) is 11.7 Å². The van der Waals surface area contributed by atoms with Crippen LogP contribution in [0.5, 0.6) is 0 Å². The van der Waals surface area contributed by atoms with E-state index in [4.69, 9.17) is 5.73 Å². The van der Waals surface area contributed by atoms with Crippen LogP contribution < -0.4 is 16.4 Å². The molecular weight excluding hydrogens is 270 g/mol. The lowest BCUT2D eigenvalue weighted by Crippen LogP contribution is -2.40. The standard InChI is InChI=1S/C15H19N3O3/c16-13(19)9-10-5-7-12(8-6-10)18-15(21)14(20)17-11-3-1-2-4-11/h5-8,11H,1-4,9H2,(H2,16,19)(H,17,20)(H,18,21). The van der Waals surface area contributed by atoms with E-state index in [1.54, 1.807) is 24.3 Å². The summed E-state index contributed by atoms with van der Waals surface area (Å²) in [5.41, 5.74) is 6.37. The zero-order valence-electron chi connectivity index (χ0n) is 11.7. The van der Waals surface area contributed by atoms with Crippen molar-refractivity contribution in [2.24, 2.45) is 5.73 Å². The molecule has 0 heterocycles. The Balaban J connectivity index is 1.86. The number of amides is 3. The monoisotopic (exact) mass is 289 g/mol. The summed E-state index contributed by atoms with van der Waals surface area (Å²) >= 11 is 0. The molecule has 1 fully saturated rings. The van der Waals surface area contributed by atoms with Crippen LogP contribution >= 0.6 is 0 Å². The molecule has 112 valence electrons. The summed E-state index contributed by atoms with van der Waals surface area (Å²) in [5, 5.41) is 5.25. The number of nitrogens with one attached hydrogen (secondary N) is 2. The molecule has 1 aliphatic rings. The summed E-state index contributed by atoms with van der Waals surface area (Å²) in [7, 11) is 0. The van der Waals surface area contributed by atoms with E-state index in [0.717, 1.165) is 31.2 Å². The van der Waals surface area contributed by atoms with Crippen LogP contribution in [0.15, 0.2) is 24.3 Å². The second-order valence-electron chi connectivity index (χ2n) is 5.25. The van der Waals surface area contributed by atoms with Gasteiger partial charge >= 0.3 is 11.8 Å². The van der Waals surface area contributed by atoms with Gasteiger partial charge in [-0.25, -0.2) is 0 Å². The van der Waals surface area contributed by atoms with Crippen LogP contribution in [-0.4, -0.2) is 23.8 Å². The zero-order chi connectivity index (χ0) is 15.2. The van der Waals surface area contributed by atoms with Crippen LogP contribution in [0.25, 0.3) is 0 Å². The van der Waals surface area contributed by atoms with Crippen LogP contribution in [0.3, 0.4) is 0 Å². The summed E-state index contributed by atoms with van der Waals surface area (Å²) in [5.74, 6) is -1.70. The minimum atomic E-state index is -0.676. The number of benzene rings is 1. The van der Waals surface area contributed by atoms with Crippen molar-refractivity contribution in [2.75, 3.05) is 5.32 Å². The Morgan fingerprint density at radius 2 is 1.67 bits per heavy atom. The smallest absolute Gasteiger partial charge is 0.313 e. The molecule has 0 aliphatic heterocycles. The second kappa shape index (κ2) is 6.88. The average Bonchev–Trinajstić information content (AvgIpc) is 2.93. The fourth-order valence-electron chi connectivity index (χ4n) is 2.42. The van der Waals surface area contributed by atoms with Gasteiger partial charge in [-0.1, -0.05) is 25.0 Å². The number of primary amides is 1. The van der Waals surface area contributed by atoms with E-state index in [2.05, 4.69) is 10.6 Å². The maximum absolute atomic E-state index is 11.8. The van der Waals surface area contributed by atoms with Gasteiger partial charge in [0.05, 0.1) is 6.42 Å². The van der Waals surface area contributed by atoms with Crippen LogP contribution in [0, 0.1) is 0 Å². The molecular formula is C15H19N3O3. The highest BCUT2D eigenvalue weighted by atomic mass is 16.2. The Morgan fingerprint density at radius 1 is 1.05 bits per heavy atom. The first-order valence-corrected chi connectivity index (χ1v) is 7.03. The van der Waals surface area contributed by atoms with Crippen LogP contribution in [0.1, 0.15) is 31.2 Å². The molecule has 0 bridgehead atoms. The lowest BCUT2D eigenvalue weighted by atomic mass is 10.1. The maximum Gasteiger partial charge on any atom is 0.313 e. The molecule has 0 aromatic heterocycles. The summed E-state index contributed by atoms with van der Waals surface area (Å²) in [4.78, 5) is 34.3. The van der Waals surface area contributed by atoms with Gasteiger partial charge in [0.15, 0.2) is 0 Å². The van der Waals surface area contributed by atoms with Gasteiger partial charge in [-0.15, -0.1) is 0 Å². The van der Waals surface area contributed by atoms with Crippen molar-refractivity contribution < 1.29 is 14.4 Å². The van der Waals surface area contributed by atoms with E-state index < -0.39 is 17.7 Å². The minimum Gasteiger partial charge on any atom is -0.369 e. The molecule has 2 rings (SSSR count). The van der Waals surface area contributed by atoms with E-state index >= 15 is 0 Å². The van der Waals surface area contributed by atoms with Crippen molar-refractivity contribution in [1.29, 1.82) is 0 Å². The fourth-order valence-corrected chi connectivity index (χ4v) is 2.42. The third-order valence-corrected chi connectivity index (χ3v) is 3.49. The summed E-state index contributed by atoms with van der Waals surface area (Å²) < 4.78 is 0. The fraction of sp³-hybridized carbons (Fsp3) is 0.400. The van der Waals surface area contributed by atoms with E-state index in [9.17, 15) is 14.4 Å². The van der Waals surface area contributed by atoms with E-state index in [1.807, 2.05) is 0 Å². The topological polar surface area (TPSA) is 101 Å². The lowest BCUT2D eigenvalue weighted by Gasteiger charge is -2.11. The summed E-state index contributed by atoms with van der Waals surface area (Å²) in [6, 6.07) is 6.77. The number of anilines is 1. The van der Waals surface area contributed by atoms with Gasteiger partial charge in [0.2, 0.25) is 5.91 Å². The van der Waals surface area contributed by atoms with Crippen molar-refractivity contribution in [1.82, 2.24) is 5.32 Å². The van der Waals surface area contributed by atoms with Gasteiger partial charge in [-0.3, -0.25) is 14.4 Å². The largest absolute Gasteiger partial charge is 0.369 e. The van der Waals surface area contributed by atoms with Crippen LogP contribution in [0.2, 0.25) is 0 Å². The molecule has 21 heavy (non-hydrogen) atoms. The molecule has 1 saturated carbocycles. The number of rotatable bonds is 4. The second-order valence-corrected chi connectivity index (χ2v) is 5.25. The van der Waals surface area contributed by atoms with Crippen molar-refractivity contribution >= 4 is 23.4 Å². The minimum absolute atomic E-state index is 0.112. The van der Waals surface area contributed by atoms with Crippen molar-refractivity contribution in [3.63, 3.8) is 0 Å². The Morgan fingerprint density at radius 3 is 2.24 bits per heavy atom. The third kappa shape index (κ3) is 4.59. The molecule has 1 aromatic carbocycles. The maximum atomic E-state index is 11.8. The molecule has 3 amide bonds. The highest BCUT2D eigenvalue weighted by Gasteiger charge is 2.21. The van der Waals surface area contributed by atoms with E-state index in [1.165, 1.54) is 0 Å². The van der Waals surface area contributed by atoms with E-state index in [-0.39, 0.29) is 12.5 Å². The first-order valence-electron chi connectivity index (χ1n) is 7.03. The van der Waals surface area contributed by atoms with Crippen molar-refractivity contribution in [2.45, 2.75) is 38.1 Å². The molecule has 1 aromatic rings. The van der Waals surface area contributed by atoms with Gasteiger partial charge in [-0.2, -0.15) is 0 Å². The Bertz CT molecular complexity index is 534. The average molecular weight is 289 g/mol. The molecule has 0 radical (unpaired) electrons. The number of carbonyl (C=O) groups is 3. The Hall–Kier alpha value is -2.37. The SMILES string of the molecule is NC(=O)Cc1ccc(NC(=O)C(=O)NC2CCCC2)cc1. The van der Waals surface area contributed by atoms with Crippen molar-refractivity contribution in [3.8, 4) is 0 Å². The Kier molecular flexibility index (Phi) is 4.92. The molecule has 6 heteroatoms. The molecule has 0 atom stereocenters. The highest BCUT2D eigenvalue weighted by molar-refractivity contribution is 6.39. The molecule has 6 nitrogen and oxygen atoms in total. The molecule has 0 unspecified atom stereocenters. The number of carbonyl (C=O) groups excluding carboxylic acids is 3. The van der Waals surface area contributed by atoms with Crippen molar-refractivity contribution in [3.05, 3.63) is 29.8 Å². The zero-order valence-corrected chi connectivity index (χ0v) is 11.7. The lowest BCUT2D eigenvalue weighted by molar-refractivity contribution is -0.136. The van der Waals surface area contributed by atoms with E-state index in [0.29, 0.717) is 5.69 Å². The number of hydrogen-bond donors (Lipinski definition) is 3. The number of nitrogens with two attached hydrogens (primary N) is 1. The quantitative estimate of drug-likeness (QED) is 0.711. The number of hydrogen-bond acceptors (Lipinski definition) is 3. The Labute approximate surface area is 123 Å². The normalized spacial score (nSPS) is 14.7. The molecule has 0 saturated heterocycles. The summed E-state index contributed by atoms with van der Waals surface area (Å²) in [6.45, 7) is 0. The first kappa shape index (κ1) is 15.0. The highest BCUT2D eigenvalue weighted by Crippen LogP contribution is 2.17. The van der Waals surface area contributed by atoms with Gasteiger partial charge in [-0.05, 0) is 30.5 Å². The predicted octanol–water partition coefficient (Wildman–Crippen LogP) is 0.712. The summed E-state index contributed by atoms with van der Waals surface area (Å²) in [6.07, 6.45) is 4.19. The predicted molar refractivity (Wildman–Crippen MR) is 78.4 cm³/mol. The third-order valence-electron chi connectivity index (χ3n) is 3.49. The van der Waals surface area contributed by atoms with Gasteiger partial charge in [0.1, 0.15) is 0 Å².